The SMILES string of the molecule is Cc1ccc(CN2CCC3(CC2)C[C@@H](C(=O)O)N(C(=O)C2CC2)C3)cc1F. The second-order valence-electron chi connectivity index (χ2n) is 8.66. The predicted molar refractivity (Wildman–Crippen MR) is 98.6 cm³/mol. The highest BCUT2D eigenvalue weighted by atomic mass is 19.1. The van der Waals surface area contributed by atoms with E-state index in [0.29, 0.717) is 25.1 Å². The molecule has 1 aromatic carbocycles. The Hall–Kier alpha value is -1.95. The molecule has 4 rings (SSSR count). The molecule has 1 atom stereocenters. The number of aliphatic carboxylic acids is 1. The third-order valence-electron chi connectivity index (χ3n) is 6.56. The maximum absolute atomic E-state index is 13.8. The van der Waals surface area contributed by atoms with Crippen LogP contribution in [0.3, 0.4) is 0 Å². The minimum Gasteiger partial charge on any atom is -0.480 e. The van der Waals surface area contributed by atoms with Crippen molar-refractivity contribution in [1.29, 1.82) is 0 Å². The van der Waals surface area contributed by atoms with Crippen molar-refractivity contribution in [3.8, 4) is 0 Å². The summed E-state index contributed by atoms with van der Waals surface area (Å²) in [6.07, 6.45) is 4.14. The summed E-state index contributed by atoms with van der Waals surface area (Å²) in [7, 11) is 0. The van der Waals surface area contributed by atoms with Gasteiger partial charge >= 0.3 is 5.97 Å². The number of carbonyl (C=O) groups is 2. The fourth-order valence-corrected chi connectivity index (χ4v) is 4.61. The van der Waals surface area contributed by atoms with Gasteiger partial charge < -0.3 is 10.0 Å². The van der Waals surface area contributed by atoms with Crippen molar-refractivity contribution in [2.75, 3.05) is 19.6 Å². The molecule has 1 N–H and O–H groups in total. The van der Waals surface area contributed by atoms with Crippen LogP contribution in [0.2, 0.25) is 0 Å². The minimum absolute atomic E-state index is 0.0387. The van der Waals surface area contributed by atoms with E-state index in [1.165, 1.54) is 0 Å². The van der Waals surface area contributed by atoms with E-state index in [9.17, 15) is 19.1 Å². The van der Waals surface area contributed by atoms with E-state index in [1.54, 1.807) is 17.9 Å². The van der Waals surface area contributed by atoms with Crippen LogP contribution in [0.4, 0.5) is 4.39 Å². The van der Waals surface area contributed by atoms with Gasteiger partial charge in [0.25, 0.3) is 0 Å². The maximum atomic E-state index is 13.8. The molecule has 27 heavy (non-hydrogen) atoms. The van der Waals surface area contributed by atoms with Crippen molar-refractivity contribution in [3.63, 3.8) is 0 Å². The van der Waals surface area contributed by atoms with Crippen molar-refractivity contribution >= 4 is 11.9 Å². The molecule has 2 heterocycles. The molecule has 1 aliphatic carbocycles. The number of aryl methyl sites for hydroxylation is 1. The first-order valence-electron chi connectivity index (χ1n) is 9.88. The largest absolute Gasteiger partial charge is 0.480 e. The van der Waals surface area contributed by atoms with Gasteiger partial charge in [0, 0.05) is 19.0 Å². The van der Waals surface area contributed by atoms with Crippen LogP contribution < -0.4 is 0 Å². The monoisotopic (exact) mass is 374 g/mol. The number of piperidine rings is 1. The van der Waals surface area contributed by atoms with Gasteiger partial charge in [-0.2, -0.15) is 0 Å². The Morgan fingerprint density at radius 3 is 2.56 bits per heavy atom. The van der Waals surface area contributed by atoms with Crippen molar-refractivity contribution in [2.45, 2.75) is 51.6 Å². The third-order valence-corrected chi connectivity index (χ3v) is 6.56. The molecule has 2 saturated heterocycles. The number of hydrogen-bond acceptors (Lipinski definition) is 3. The number of benzene rings is 1. The number of hydrogen-bond donors (Lipinski definition) is 1. The van der Waals surface area contributed by atoms with E-state index in [1.807, 2.05) is 12.1 Å². The van der Waals surface area contributed by atoms with Crippen LogP contribution in [-0.2, 0) is 16.1 Å². The fourth-order valence-electron chi connectivity index (χ4n) is 4.61. The van der Waals surface area contributed by atoms with Crippen LogP contribution in [0.1, 0.15) is 43.2 Å². The molecule has 2 aliphatic heterocycles. The number of carboxylic acid groups (broad SMARTS) is 1. The molecule has 6 heteroatoms. The first-order chi connectivity index (χ1) is 12.9. The zero-order valence-corrected chi connectivity index (χ0v) is 15.8. The minimum atomic E-state index is -0.876. The fraction of sp³-hybridized carbons (Fsp3) is 0.619. The molecule has 1 saturated carbocycles. The zero-order chi connectivity index (χ0) is 19.2. The van der Waals surface area contributed by atoms with E-state index < -0.39 is 12.0 Å². The Kier molecular flexibility index (Phi) is 4.70. The van der Waals surface area contributed by atoms with Crippen LogP contribution in [0.5, 0.6) is 0 Å². The molecule has 1 spiro atoms. The Morgan fingerprint density at radius 1 is 1.26 bits per heavy atom. The molecule has 1 amide bonds. The van der Waals surface area contributed by atoms with Gasteiger partial charge in [-0.3, -0.25) is 9.69 Å². The molecule has 0 radical (unpaired) electrons. The average molecular weight is 374 g/mol. The van der Waals surface area contributed by atoms with Crippen molar-refractivity contribution < 1.29 is 19.1 Å². The third kappa shape index (κ3) is 3.72. The Labute approximate surface area is 159 Å². The van der Waals surface area contributed by atoms with Gasteiger partial charge in [0.2, 0.25) is 5.91 Å². The molecule has 3 fully saturated rings. The second-order valence-corrected chi connectivity index (χ2v) is 8.66. The molecule has 5 nitrogen and oxygen atoms in total. The lowest BCUT2D eigenvalue weighted by Gasteiger charge is -2.39. The van der Waals surface area contributed by atoms with Gasteiger partial charge in [0.15, 0.2) is 0 Å². The Balaban J connectivity index is 1.39. The van der Waals surface area contributed by atoms with Crippen LogP contribution in [0.15, 0.2) is 18.2 Å². The summed E-state index contributed by atoms with van der Waals surface area (Å²) >= 11 is 0. The number of likely N-dealkylation sites (tertiary alicyclic amines) is 2. The summed E-state index contributed by atoms with van der Waals surface area (Å²) in [5, 5.41) is 9.60. The average Bonchev–Trinajstić information content (AvgIpc) is 3.42. The lowest BCUT2D eigenvalue weighted by Crippen LogP contribution is -2.43. The number of amides is 1. The van der Waals surface area contributed by atoms with Gasteiger partial charge in [-0.05, 0) is 74.7 Å². The lowest BCUT2D eigenvalue weighted by atomic mass is 9.76. The van der Waals surface area contributed by atoms with Crippen LogP contribution in [0.25, 0.3) is 0 Å². The van der Waals surface area contributed by atoms with E-state index >= 15 is 0 Å². The van der Waals surface area contributed by atoms with Crippen LogP contribution in [-0.4, -0.2) is 52.5 Å². The summed E-state index contributed by atoms with van der Waals surface area (Å²) in [5.74, 6) is -0.955. The maximum Gasteiger partial charge on any atom is 0.326 e. The first-order valence-corrected chi connectivity index (χ1v) is 9.88. The quantitative estimate of drug-likeness (QED) is 0.880. The van der Waals surface area contributed by atoms with Crippen LogP contribution in [0, 0.1) is 24.1 Å². The highest BCUT2D eigenvalue weighted by molar-refractivity contribution is 5.87. The van der Waals surface area contributed by atoms with Gasteiger partial charge in [0.1, 0.15) is 11.9 Å². The van der Waals surface area contributed by atoms with Gasteiger partial charge in [-0.25, -0.2) is 9.18 Å². The van der Waals surface area contributed by atoms with Crippen molar-refractivity contribution in [3.05, 3.63) is 35.1 Å². The van der Waals surface area contributed by atoms with Crippen LogP contribution >= 0.6 is 0 Å². The number of carboxylic acids is 1. The first kappa shape index (κ1) is 18.4. The van der Waals surface area contributed by atoms with E-state index in [0.717, 1.165) is 44.3 Å². The molecule has 1 aromatic rings. The molecule has 0 bridgehead atoms. The smallest absolute Gasteiger partial charge is 0.326 e. The van der Waals surface area contributed by atoms with Crippen molar-refractivity contribution in [1.82, 2.24) is 9.80 Å². The van der Waals surface area contributed by atoms with Gasteiger partial charge in [-0.15, -0.1) is 0 Å². The van der Waals surface area contributed by atoms with E-state index in [2.05, 4.69) is 4.90 Å². The van der Waals surface area contributed by atoms with E-state index in [4.69, 9.17) is 0 Å². The molecule has 3 aliphatic rings. The van der Waals surface area contributed by atoms with Gasteiger partial charge in [0.05, 0.1) is 0 Å². The van der Waals surface area contributed by atoms with E-state index in [-0.39, 0.29) is 23.1 Å². The lowest BCUT2D eigenvalue weighted by molar-refractivity contribution is -0.148. The predicted octanol–water partition coefficient (Wildman–Crippen LogP) is 2.81. The normalized spacial score (nSPS) is 25.1. The summed E-state index contributed by atoms with van der Waals surface area (Å²) in [6.45, 7) is 4.75. The number of rotatable bonds is 4. The Bertz CT molecular complexity index is 754. The molecule has 146 valence electrons. The zero-order valence-electron chi connectivity index (χ0n) is 15.8. The summed E-state index contributed by atoms with van der Waals surface area (Å²) in [5.41, 5.74) is 1.54. The standard InChI is InChI=1S/C21H27FN2O3/c1-14-2-3-15(10-17(14)22)12-23-8-6-21(7-9-23)11-18(20(26)27)24(13-21)19(25)16-4-5-16/h2-3,10,16,18H,4-9,11-13H2,1H3,(H,26,27)/t18-/m0/s1. The number of halogens is 1. The number of carbonyl (C=O) groups excluding carboxylic acids is 1. The molecule has 0 unspecified atom stereocenters. The topological polar surface area (TPSA) is 60.9 Å². The highest BCUT2D eigenvalue weighted by Gasteiger charge is 2.51. The molecular weight excluding hydrogens is 347 g/mol. The highest BCUT2D eigenvalue weighted by Crippen LogP contribution is 2.45. The van der Waals surface area contributed by atoms with Gasteiger partial charge in [-0.1, -0.05) is 12.1 Å². The van der Waals surface area contributed by atoms with Crippen molar-refractivity contribution in [2.24, 2.45) is 11.3 Å². The second kappa shape index (κ2) is 6.89. The Morgan fingerprint density at radius 2 is 1.96 bits per heavy atom. The summed E-state index contributed by atoms with van der Waals surface area (Å²) < 4.78 is 13.8. The summed E-state index contributed by atoms with van der Waals surface area (Å²) in [4.78, 5) is 28.2. The molecule has 0 aromatic heterocycles. The number of nitrogens with zero attached hydrogens (tertiary/aromatic N) is 2. The molecular formula is C21H27FN2O3. The summed E-state index contributed by atoms with van der Waals surface area (Å²) in [6, 6.07) is 4.71.